The lowest BCUT2D eigenvalue weighted by atomic mass is 9.99. The number of carbonyl (C=O) groups is 2. The van der Waals surface area contributed by atoms with Crippen molar-refractivity contribution in [3.05, 3.63) is 23.8 Å². The average molecular weight is 204 g/mol. The highest BCUT2D eigenvalue weighted by Gasteiger charge is 2.32. The normalized spacial score (nSPS) is 17.3. The molecule has 0 fully saturated rings. The van der Waals surface area contributed by atoms with E-state index in [0.717, 1.165) is 12.0 Å². The van der Waals surface area contributed by atoms with Gasteiger partial charge < -0.3 is 10.6 Å². The van der Waals surface area contributed by atoms with Gasteiger partial charge in [-0.15, -0.1) is 0 Å². The van der Waals surface area contributed by atoms with E-state index in [2.05, 4.69) is 10.6 Å². The molecule has 0 unspecified atom stereocenters. The van der Waals surface area contributed by atoms with Crippen molar-refractivity contribution < 1.29 is 9.59 Å². The van der Waals surface area contributed by atoms with Crippen molar-refractivity contribution >= 4 is 23.6 Å². The Morgan fingerprint density at radius 2 is 2.00 bits per heavy atom. The molecule has 0 aliphatic carbocycles. The molecule has 0 atom stereocenters. The van der Waals surface area contributed by atoms with Crippen LogP contribution in [-0.4, -0.2) is 17.7 Å². The van der Waals surface area contributed by atoms with Crippen LogP contribution in [0.2, 0.25) is 0 Å². The zero-order chi connectivity index (χ0) is 11.1. The zero-order valence-electron chi connectivity index (χ0n) is 8.63. The first kappa shape index (κ1) is 9.71. The summed E-state index contributed by atoms with van der Waals surface area (Å²) in [5, 5.41) is 5.87. The smallest absolute Gasteiger partial charge is 0.249 e. The molecule has 0 saturated heterocycles. The second-order valence-corrected chi connectivity index (χ2v) is 4.13. The van der Waals surface area contributed by atoms with E-state index in [9.17, 15) is 9.59 Å². The predicted octanol–water partition coefficient (Wildman–Crippen LogP) is 1.64. The number of aldehydes is 1. The first-order valence-electron chi connectivity index (χ1n) is 4.72. The fourth-order valence-corrected chi connectivity index (χ4v) is 1.52. The van der Waals surface area contributed by atoms with Crippen LogP contribution in [0.5, 0.6) is 0 Å². The van der Waals surface area contributed by atoms with Crippen LogP contribution < -0.4 is 10.6 Å². The molecule has 4 heteroatoms. The number of amides is 1. The van der Waals surface area contributed by atoms with Crippen molar-refractivity contribution in [2.75, 3.05) is 10.6 Å². The minimum atomic E-state index is -0.644. The van der Waals surface area contributed by atoms with E-state index in [1.54, 1.807) is 32.0 Å². The maximum atomic E-state index is 11.6. The van der Waals surface area contributed by atoms with Gasteiger partial charge in [0.05, 0.1) is 11.4 Å². The van der Waals surface area contributed by atoms with Crippen LogP contribution in [-0.2, 0) is 4.79 Å². The summed E-state index contributed by atoms with van der Waals surface area (Å²) >= 11 is 0. The summed E-state index contributed by atoms with van der Waals surface area (Å²) in [5.41, 5.74) is 1.44. The van der Waals surface area contributed by atoms with Crippen LogP contribution in [0.25, 0.3) is 0 Å². The molecule has 4 nitrogen and oxygen atoms in total. The average Bonchev–Trinajstić information content (AvgIpc) is 2.18. The summed E-state index contributed by atoms with van der Waals surface area (Å²) < 4.78 is 0. The molecule has 2 N–H and O–H groups in total. The number of rotatable bonds is 1. The van der Waals surface area contributed by atoms with E-state index < -0.39 is 5.54 Å². The predicted molar refractivity (Wildman–Crippen MR) is 58.2 cm³/mol. The Hall–Kier alpha value is -1.84. The van der Waals surface area contributed by atoms with Crippen LogP contribution in [0.15, 0.2) is 18.2 Å². The van der Waals surface area contributed by atoms with Crippen LogP contribution in [0.4, 0.5) is 11.4 Å². The molecular weight excluding hydrogens is 192 g/mol. The molecule has 0 aromatic heterocycles. The standard InChI is InChI=1S/C11H12N2O2/c1-11(2)10(15)12-8-4-3-7(6-14)5-9(8)13-11/h3-6,13H,1-2H3,(H,12,15). The third-order valence-electron chi connectivity index (χ3n) is 2.44. The monoisotopic (exact) mass is 204 g/mol. The number of hydrogen-bond acceptors (Lipinski definition) is 3. The maximum Gasteiger partial charge on any atom is 0.249 e. The number of hydrogen-bond donors (Lipinski definition) is 2. The lowest BCUT2D eigenvalue weighted by Gasteiger charge is -2.32. The van der Waals surface area contributed by atoms with Crippen molar-refractivity contribution in [2.45, 2.75) is 19.4 Å². The Labute approximate surface area is 87.7 Å². The second kappa shape index (κ2) is 3.08. The molecule has 0 radical (unpaired) electrons. The largest absolute Gasteiger partial charge is 0.370 e. The summed E-state index contributed by atoms with van der Waals surface area (Å²) in [4.78, 5) is 22.2. The first-order chi connectivity index (χ1) is 7.03. The van der Waals surface area contributed by atoms with Gasteiger partial charge >= 0.3 is 0 Å². The number of fused-ring (bicyclic) bond motifs is 1. The van der Waals surface area contributed by atoms with Gasteiger partial charge in [0, 0.05) is 5.56 Å². The summed E-state index contributed by atoms with van der Waals surface area (Å²) in [7, 11) is 0. The van der Waals surface area contributed by atoms with E-state index in [1.807, 2.05) is 0 Å². The van der Waals surface area contributed by atoms with Gasteiger partial charge in [0.15, 0.2) is 0 Å². The van der Waals surface area contributed by atoms with Gasteiger partial charge in [0.1, 0.15) is 11.8 Å². The molecule has 1 aliphatic rings. The Morgan fingerprint density at radius 3 is 2.67 bits per heavy atom. The fourth-order valence-electron chi connectivity index (χ4n) is 1.52. The van der Waals surface area contributed by atoms with Crippen LogP contribution in [0, 0.1) is 0 Å². The van der Waals surface area contributed by atoms with Gasteiger partial charge in [0.2, 0.25) is 5.91 Å². The van der Waals surface area contributed by atoms with Crippen LogP contribution >= 0.6 is 0 Å². The minimum Gasteiger partial charge on any atom is -0.370 e. The number of benzene rings is 1. The second-order valence-electron chi connectivity index (χ2n) is 4.13. The molecule has 0 saturated carbocycles. The molecular formula is C11H12N2O2. The molecule has 1 aliphatic heterocycles. The molecule has 0 spiro atoms. The SMILES string of the molecule is CC1(C)Nc2cc(C=O)ccc2NC1=O. The van der Waals surface area contributed by atoms with E-state index in [-0.39, 0.29) is 5.91 Å². The molecule has 2 rings (SSSR count). The van der Waals surface area contributed by atoms with Crippen molar-refractivity contribution in [3.8, 4) is 0 Å². The summed E-state index contributed by atoms with van der Waals surface area (Å²) in [6, 6.07) is 5.12. The number of anilines is 2. The Bertz CT molecular complexity index is 438. The highest BCUT2D eigenvalue weighted by molar-refractivity contribution is 6.06. The van der Waals surface area contributed by atoms with Gasteiger partial charge in [-0.25, -0.2) is 0 Å². The quantitative estimate of drug-likeness (QED) is 0.684. The highest BCUT2D eigenvalue weighted by atomic mass is 16.2. The van der Waals surface area contributed by atoms with Crippen molar-refractivity contribution in [1.82, 2.24) is 0 Å². The number of nitrogens with one attached hydrogen (secondary N) is 2. The van der Waals surface area contributed by atoms with Crippen LogP contribution in [0.3, 0.4) is 0 Å². The lowest BCUT2D eigenvalue weighted by Crippen LogP contribution is -2.47. The van der Waals surface area contributed by atoms with Crippen molar-refractivity contribution in [3.63, 3.8) is 0 Å². The highest BCUT2D eigenvalue weighted by Crippen LogP contribution is 2.30. The van der Waals surface area contributed by atoms with Crippen LogP contribution in [0.1, 0.15) is 24.2 Å². The Kier molecular flexibility index (Phi) is 2.00. The van der Waals surface area contributed by atoms with Crippen molar-refractivity contribution in [1.29, 1.82) is 0 Å². The topological polar surface area (TPSA) is 58.2 Å². The van der Waals surface area contributed by atoms with E-state index in [0.29, 0.717) is 11.3 Å². The van der Waals surface area contributed by atoms with Crippen molar-refractivity contribution in [2.24, 2.45) is 0 Å². The van der Waals surface area contributed by atoms with Gasteiger partial charge in [-0.1, -0.05) is 0 Å². The van der Waals surface area contributed by atoms with Gasteiger partial charge in [-0.05, 0) is 32.0 Å². The van der Waals surface area contributed by atoms with E-state index in [1.165, 1.54) is 0 Å². The molecule has 1 amide bonds. The third kappa shape index (κ3) is 1.58. The Balaban J connectivity index is 2.46. The van der Waals surface area contributed by atoms with E-state index in [4.69, 9.17) is 0 Å². The lowest BCUT2D eigenvalue weighted by molar-refractivity contribution is -0.119. The first-order valence-corrected chi connectivity index (χ1v) is 4.72. The fraction of sp³-hybridized carbons (Fsp3) is 0.273. The maximum absolute atomic E-state index is 11.6. The zero-order valence-corrected chi connectivity index (χ0v) is 8.63. The molecule has 1 heterocycles. The van der Waals surface area contributed by atoms with Gasteiger partial charge in [-0.3, -0.25) is 9.59 Å². The summed E-state index contributed by atoms with van der Waals surface area (Å²) in [6.45, 7) is 3.58. The summed E-state index contributed by atoms with van der Waals surface area (Å²) in [5.74, 6) is -0.0751. The minimum absolute atomic E-state index is 0.0751. The number of carbonyl (C=O) groups excluding carboxylic acids is 2. The summed E-state index contributed by atoms with van der Waals surface area (Å²) in [6.07, 6.45) is 0.783. The molecule has 78 valence electrons. The van der Waals surface area contributed by atoms with Gasteiger partial charge in [0.25, 0.3) is 0 Å². The molecule has 15 heavy (non-hydrogen) atoms. The van der Waals surface area contributed by atoms with E-state index >= 15 is 0 Å². The molecule has 1 aromatic carbocycles. The Morgan fingerprint density at radius 1 is 1.27 bits per heavy atom. The third-order valence-corrected chi connectivity index (χ3v) is 2.44. The molecule has 0 bridgehead atoms. The van der Waals surface area contributed by atoms with Gasteiger partial charge in [-0.2, -0.15) is 0 Å². The molecule has 1 aromatic rings.